The molecule has 212 valence electrons. The molecule has 3 heteroatoms. The lowest BCUT2D eigenvalue weighted by molar-refractivity contribution is -0.248. The van der Waals surface area contributed by atoms with Gasteiger partial charge in [-0.15, -0.1) is 6.58 Å². The average Bonchev–Trinajstić information content (AvgIpc) is 2.97. The van der Waals surface area contributed by atoms with Crippen molar-refractivity contribution in [1.82, 2.24) is 0 Å². The van der Waals surface area contributed by atoms with Crippen molar-refractivity contribution < 1.29 is 13.5 Å². The van der Waals surface area contributed by atoms with Crippen LogP contribution < -0.4 is 0 Å². The molecule has 2 aromatic rings. The number of alkyl halides is 2. The Bertz CT molecular complexity index is 1010. The van der Waals surface area contributed by atoms with Crippen molar-refractivity contribution in [3.63, 3.8) is 0 Å². The van der Waals surface area contributed by atoms with Gasteiger partial charge in [-0.25, -0.2) is 0 Å². The van der Waals surface area contributed by atoms with Crippen LogP contribution in [0, 0.1) is 11.8 Å². The first-order chi connectivity index (χ1) is 19.0. The van der Waals surface area contributed by atoms with E-state index in [-0.39, 0.29) is 12.2 Å². The van der Waals surface area contributed by atoms with Gasteiger partial charge in [0, 0.05) is 0 Å². The van der Waals surface area contributed by atoms with Crippen LogP contribution in [0.3, 0.4) is 0 Å². The quantitative estimate of drug-likeness (QED) is 0.232. The minimum Gasteiger partial charge on any atom is -0.316 e. The zero-order valence-electron chi connectivity index (χ0n) is 23.9. The van der Waals surface area contributed by atoms with E-state index in [0.717, 1.165) is 36.7 Å². The lowest BCUT2D eigenvalue weighted by atomic mass is 9.77. The van der Waals surface area contributed by atoms with Gasteiger partial charge in [-0.3, -0.25) is 0 Å². The van der Waals surface area contributed by atoms with Crippen molar-refractivity contribution in [1.29, 1.82) is 0 Å². The fourth-order valence-electron chi connectivity index (χ4n) is 6.71. The molecule has 0 bridgehead atoms. The molecule has 2 aliphatic rings. The Morgan fingerprint density at radius 1 is 0.769 bits per heavy atom. The minimum atomic E-state index is -3.27. The van der Waals surface area contributed by atoms with Crippen LogP contribution in [-0.4, -0.2) is 6.61 Å². The van der Waals surface area contributed by atoms with Crippen molar-refractivity contribution in [3.05, 3.63) is 95.6 Å². The van der Waals surface area contributed by atoms with Crippen molar-refractivity contribution in [2.24, 2.45) is 11.8 Å². The van der Waals surface area contributed by atoms with Gasteiger partial charge in [-0.2, -0.15) is 8.78 Å². The summed E-state index contributed by atoms with van der Waals surface area (Å²) in [6.45, 7) is 5.92. The van der Waals surface area contributed by atoms with Gasteiger partial charge in [0.2, 0.25) is 0 Å². The first kappa shape index (κ1) is 29.7. The maximum atomic E-state index is 14.8. The third kappa shape index (κ3) is 8.87. The van der Waals surface area contributed by atoms with Gasteiger partial charge in [0.15, 0.2) is 0 Å². The summed E-state index contributed by atoms with van der Waals surface area (Å²) in [5, 5.41) is 0. The van der Waals surface area contributed by atoms with Crippen LogP contribution >= 0.6 is 0 Å². The Morgan fingerprint density at radius 3 is 1.79 bits per heavy atom. The molecule has 0 amide bonds. The summed E-state index contributed by atoms with van der Waals surface area (Å²) in [7, 11) is 0. The first-order valence-electron chi connectivity index (χ1n) is 15.4. The van der Waals surface area contributed by atoms with Gasteiger partial charge in [0.05, 0.1) is 12.2 Å². The van der Waals surface area contributed by atoms with E-state index in [2.05, 4.69) is 49.9 Å². The van der Waals surface area contributed by atoms with Crippen LogP contribution in [0.1, 0.15) is 118 Å². The van der Waals surface area contributed by atoms with Crippen LogP contribution in [0.5, 0.6) is 0 Å². The Morgan fingerprint density at radius 2 is 1.28 bits per heavy atom. The summed E-state index contributed by atoms with van der Waals surface area (Å²) >= 11 is 0. The Hall–Kier alpha value is -2.26. The van der Waals surface area contributed by atoms with Gasteiger partial charge < -0.3 is 4.74 Å². The summed E-state index contributed by atoms with van der Waals surface area (Å²) in [5.74, 6) is 2.76. The molecule has 2 aliphatic carbocycles. The van der Waals surface area contributed by atoms with Crippen molar-refractivity contribution >= 4 is 0 Å². The molecular weight excluding hydrogens is 486 g/mol. The molecule has 39 heavy (non-hydrogen) atoms. The second kappa shape index (κ2) is 14.9. The second-order valence-corrected chi connectivity index (χ2v) is 11.9. The number of hydrogen-bond donors (Lipinski definition) is 0. The van der Waals surface area contributed by atoms with E-state index in [1.807, 2.05) is 18.2 Å². The van der Waals surface area contributed by atoms with Crippen LogP contribution in [0.15, 0.2) is 73.3 Å². The molecule has 0 unspecified atom stereocenters. The van der Waals surface area contributed by atoms with Crippen molar-refractivity contribution in [2.45, 2.75) is 108 Å². The van der Waals surface area contributed by atoms with E-state index in [1.54, 1.807) is 12.1 Å². The molecule has 1 nitrogen and oxygen atoms in total. The molecule has 0 aromatic heterocycles. The van der Waals surface area contributed by atoms with Crippen LogP contribution in [0.2, 0.25) is 0 Å². The number of halogens is 2. The summed E-state index contributed by atoms with van der Waals surface area (Å²) < 4.78 is 34.7. The Balaban J connectivity index is 1.19. The van der Waals surface area contributed by atoms with Gasteiger partial charge in [-0.1, -0.05) is 66.8 Å². The van der Waals surface area contributed by atoms with E-state index in [9.17, 15) is 8.78 Å². The second-order valence-electron chi connectivity index (χ2n) is 11.9. The zero-order chi connectivity index (χ0) is 27.5. The van der Waals surface area contributed by atoms with Gasteiger partial charge >= 0.3 is 6.11 Å². The minimum absolute atomic E-state index is 0.000134. The normalized spacial score (nSPS) is 24.2. The Labute approximate surface area is 235 Å². The summed E-state index contributed by atoms with van der Waals surface area (Å²) in [6.07, 6.45) is 18.3. The summed E-state index contributed by atoms with van der Waals surface area (Å²) in [5.41, 5.74) is 3.57. The largest absolute Gasteiger partial charge is 0.383 e. The third-order valence-corrected chi connectivity index (χ3v) is 9.29. The van der Waals surface area contributed by atoms with E-state index >= 15 is 0 Å². The molecule has 0 atom stereocenters. The fraction of sp³-hybridized carbons (Fsp3) is 0.556. The number of ether oxygens (including phenoxy) is 1. The fourth-order valence-corrected chi connectivity index (χ4v) is 6.71. The highest BCUT2D eigenvalue weighted by atomic mass is 19.3. The zero-order valence-corrected chi connectivity index (χ0v) is 23.9. The molecular formula is C36H48F2O. The SMILES string of the molecule is C=CCC[C@H]1CC[C@H](c2ccc(C(F)(F)OCCc3ccc([C@H]4CC[C@H](CC/C=C/C)CC4)cc3)cc2)CC1. The topological polar surface area (TPSA) is 9.23 Å². The number of allylic oxidation sites excluding steroid dienone is 3. The highest BCUT2D eigenvalue weighted by Gasteiger charge is 2.33. The Kier molecular flexibility index (Phi) is 11.4. The average molecular weight is 535 g/mol. The summed E-state index contributed by atoms with van der Waals surface area (Å²) in [6, 6.07) is 15.5. The van der Waals surface area contributed by atoms with Crippen LogP contribution in [-0.2, 0) is 17.3 Å². The molecule has 0 spiro atoms. The molecule has 0 N–H and O–H groups in total. The van der Waals surface area contributed by atoms with Crippen LogP contribution in [0.25, 0.3) is 0 Å². The first-order valence-corrected chi connectivity index (χ1v) is 15.4. The molecule has 2 saturated carbocycles. The maximum Gasteiger partial charge on any atom is 0.383 e. The molecule has 2 aromatic carbocycles. The van der Waals surface area contributed by atoms with Crippen molar-refractivity contribution in [3.8, 4) is 0 Å². The lowest BCUT2D eigenvalue weighted by Gasteiger charge is -2.29. The standard InChI is InChI=1S/C36H48F2O/c1-3-5-7-9-29-12-18-31(19-13-29)32-20-14-30(15-21-32)26-27-39-36(37,38)35-24-22-34(23-25-35)33-16-10-28(11-17-33)8-6-4-2/h3-5,14-15,20-25,28-29,31,33H,2,6-13,16-19,26-27H2,1H3/b5-3+/t28-,29-,31-,33-. The van der Waals surface area contributed by atoms with Crippen molar-refractivity contribution in [2.75, 3.05) is 6.61 Å². The highest BCUT2D eigenvalue weighted by Crippen LogP contribution is 2.39. The third-order valence-electron chi connectivity index (χ3n) is 9.29. The maximum absolute atomic E-state index is 14.8. The van der Waals surface area contributed by atoms with E-state index in [1.165, 1.54) is 68.9 Å². The van der Waals surface area contributed by atoms with E-state index in [0.29, 0.717) is 18.3 Å². The highest BCUT2D eigenvalue weighted by molar-refractivity contribution is 5.28. The summed E-state index contributed by atoms with van der Waals surface area (Å²) in [4.78, 5) is 0. The van der Waals surface area contributed by atoms with Gasteiger partial charge in [0.1, 0.15) is 0 Å². The number of rotatable bonds is 13. The molecule has 0 aliphatic heterocycles. The number of hydrogen-bond acceptors (Lipinski definition) is 1. The van der Waals surface area contributed by atoms with Gasteiger partial charge in [-0.05, 0) is 131 Å². The molecule has 0 heterocycles. The van der Waals surface area contributed by atoms with E-state index in [4.69, 9.17) is 4.74 Å². The molecule has 4 rings (SSSR count). The van der Waals surface area contributed by atoms with Gasteiger partial charge in [0.25, 0.3) is 0 Å². The number of benzene rings is 2. The molecule has 0 saturated heterocycles. The predicted octanol–water partition coefficient (Wildman–Crippen LogP) is 10.9. The van der Waals surface area contributed by atoms with Crippen LogP contribution in [0.4, 0.5) is 8.78 Å². The smallest absolute Gasteiger partial charge is 0.316 e. The molecule has 0 radical (unpaired) electrons. The predicted molar refractivity (Wildman–Crippen MR) is 159 cm³/mol. The molecule has 2 fully saturated rings. The monoisotopic (exact) mass is 534 g/mol. The van der Waals surface area contributed by atoms with E-state index < -0.39 is 6.11 Å². The lowest BCUT2D eigenvalue weighted by Crippen LogP contribution is -2.20.